The van der Waals surface area contributed by atoms with E-state index in [1.54, 1.807) is 0 Å². The average molecular weight is 1450 g/mol. The normalized spacial score (nSPS) is 14.4. The highest BCUT2D eigenvalue weighted by molar-refractivity contribution is 7.47. The lowest BCUT2D eigenvalue weighted by atomic mass is 10.0. The topological polar surface area (TPSA) is 237 Å². The molecular formula is C81H142O17P2. The van der Waals surface area contributed by atoms with Crippen LogP contribution in [0.2, 0.25) is 0 Å². The first-order chi connectivity index (χ1) is 48.7. The molecule has 0 aromatic rings. The van der Waals surface area contributed by atoms with Crippen LogP contribution in [0.1, 0.15) is 336 Å². The van der Waals surface area contributed by atoms with Crippen LogP contribution < -0.4 is 0 Å². The standard InChI is InChI=1S/C81H142O17P2/c1-5-9-13-17-21-25-29-32-35-36-37-38-41-43-47-50-54-58-62-66-79(84)91-71-76(97-80(85)67-63-59-55-51-45-28-24-20-16-12-8-4)73-95-99(87,88)93-69-75(82)70-94-100(89,90)96-74-77(98-81(86)68-64-60-56-52-48-44-40-34-31-27-23-19-15-11-7-3)72-92-78(83)65-61-57-53-49-46-42-39-33-30-26-22-18-14-10-6-2/h9-10,13-14,20-22,24-26,32-33,35,37-39,75-77,82H,5-8,11-12,15-19,23,27-31,34,36,40-74H2,1-4H3,(H,87,88)(H,89,90)/b13-9-,14-10-,24-20-,25-21-,26-22-,35-32-,38-37-,39-33-. The Morgan fingerprint density at radius 2 is 0.530 bits per heavy atom. The Morgan fingerprint density at radius 3 is 0.840 bits per heavy atom. The van der Waals surface area contributed by atoms with Gasteiger partial charge in [-0.15, -0.1) is 0 Å². The molecule has 100 heavy (non-hydrogen) atoms. The molecule has 3 N–H and O–H groups in total. The fourth-order valence-corrected chi connectivity index (χ4v) is 12.1. The molecule has 0 rings (SSSR count). The van der Waals surface area contributed by atoms with E-state index in [9.17, 15) is 43.2 Å². The Kier molecular flexibility index (Phi) is 70.4. The number of rotatable bonds is 74. The molecule has 0 saturated carbocycles. The van der Waals surface area contributed by atoms with Crippen LogP contribution >= 0.6 is 15.6 Å². The predicted octanol–water partition coefficient (Wildman–Crippen LogP) is 22.8. The first-order valence-corrected chi connectivity index (χ1v) is 42.5. The highest BCUT2D eigenvalue weighted by Crippen LogP contribution is 2.45. The summed E-state index contributed by atoms with van der Waals surface area (Å²) in [5.74, 6) is -2.20. The molecule has 5 atom stereocenters. The lowest BCUT2D eigenvalue weighted by molar-refractivity contribution is -0.161. The van der Waals surface area contributed by atoms with Gasteiger partial charge in [-0.1, -0.05) is 292 Å². The number of esters is 4. The number of phosphoric ester groups is 2. The summed E-state index contributed by atoms with van der Waals surface area (Å²) in [6, 6.07) is 0. The van der Waals surface area contributed by atoms with Crippen LogP contribution in [0.5, 0.6) is 0 Å². The van der Waals surface area contributed by atoms with Gasteiger partial charge in [0.25, 0.3) is 0 Å². The molecule has 17 nitrogen and oxygen atoms in total. The van der Waals surface area contributed by atoms with E-state index < -0.39 is 97.5 Å². The second kappa shape index (κ2) is 73.3. The molecule has 0 aliphatic rings. The fourth-order valence-electron chi connectivity index (χ4n) is 10.6. The van der Waals surface area contributed by atoms with Gasteiger partial charge in [0.05, 0.1) is 26.4 Å². The van der Waals surface area contributed by atoms with Gasteiger partial charge in [-0.2, -0.15) is 0 Å². The van der Waals surface area contributed by atoms with E-state index in [0.29, 0.717) is 25.7 Å². The minimum Gasteiger partial charge on any atom is -0.462 e. The first-order valence-electron chi connectivity index (χ1n) is 39.5. The van der Waals surface area contributed by atoms with Crippen molar-refractivity contribution in [1.29, 1.82) is 0 Å². The van der Waals surface area contributed by atoms with Crippen molar-refractivity contribution in [2.24, 2.45) is 0 Å². The van der Waals surface area contributed by atoms with E-state index in [-0.39, 0.29) is 25.7 Å². The third kappa shape index (κ3) is 72.3. The second-order valence-electron chi connectivity index (χ2n) is 26.2. The van der Waals surface area contributed by atoms with Crippen molar-refractivity contribution < 1.29 is 80.2 Å². The number of hydrogen-bond donors (Lipinski definition) is 3. The number of unbranched alkanes of at least 4 members (excludes halogenated alkanes) is 32. The number of ether oxygens (including phenoxy) is 4. The summed E-state index contributed by atoms with van der Waals surface area (Å²) < 4.78 is 68.5. The summed E-state index contributed by atoms with van der Waals surface area (Å²) in [6.07, 6.45) is 76.8. The Morgan fingerprint density at radius 1 is 0.290 bits per heavy atom. The van der Waals surface area contributed by atoms with Crippen LogP contribution in [-0.2, 0) is 65.4 Å². The Bertz CT molecular complexity index is 2270. The molecule has 0 aromatic heterocycles. The molecule has 0 saturated heterocycles. The lowest BCUT2D eigenvalue weighted by Gasteiger charge is -2.21. The maximum absolute atomic E-state index is 13.1. The molecule has 0 fully saturated rings. The zero-order valence-corrected chi connectivity index (χ0v) is 64.9. The molecule has 0 amide bonds. The van der Waals surface area contributed by atoms with Crippen molar-refractivity contribution in [3.05, 3.63) is 97.2 Å². The quantitative estimate of drug-likeness (QED) is 0.0169. The van der Waals surface area contributed by atoms with Crippen molar-refractivity contribution in [2.75, 3.05) is 39.6 Å². The van der Waals surface area contributed by atoms with Crippen molar-refractivity contribution >= 4 is 39.5 Å². The fraction of sp³-hybridized carbons (Fsp3) is 0.753. The SMILES string of the molecule is CC/C=C\C/C=C\C/C=C\C/C=C\CCCCCCCCC(=O)OCC(COP(=O)(O)OCC(O)COP(=O)(O)OCC(COC(=O)CCCCCCC/C=C\C/C=C\C/C=C\CC)OC(=O)CCCCCCCCCCCCCCCCC)OC(=O)CCCCCCC/C=C\CCCC. The lowest BCUT2D eigenvalue weighted by Crippen LogP contribution is -2.30. The second-order valence-corrected chi connectivity index (χ2v) is 29.2. The zero-order valence-electron chi connectivity index (χ0n) is 63.1. The van der Waals surface area contributed by atoms with Gasteiger partial charge < -0.3 is 33.8 Å². The number of allylic oxidation sites excluding steroid dienone is 16. The Hall–Kier alpha value is -4.02. The summed E-state index contributed by atoms with van der Waals surface area (Å²) in [4.78, 5) is 72.9. The van der Waals surface area contributed by atoms with Gasteiger partial charge in [0.15, 0.2) is 12.2 Å². The molecule has 0 aliphatic heterocycles. The summed E-state index contributed by atoms with van der Waals surface area (Å²) in [5.41, 5.74) is 0. The molecular weight excluding hydrogens is 1310 g/mol. The molecule has 0 bridgehead atoms. The van der Waals surface area contributed by atoms with E-state index in [2.05, 4.69) is 125 Å². The van der Waals surface area contributed by atoms with Gasteiger partial charge in [0.2, 0.25) is 0 Å². The number of aliphatic hydroxyl groups excluding tert-OH is 1. The van der Waals surface area contributed by atoms with Crippen molar-refractivity contribution in [3.8, 4) is 0 Å². The van der Waals surface area contributed by atoms with Crippen LogP contribution in [0.4, 0.5) is 0 Å². The minimum atomic E-state index is -4.98. The summed E-state index contributed by atoms with van der Waals surface area (Å²) in [6.45, 7) is 4.61. The monoisotopic (exact) mass is 1450 g/mol. The van der Waals surface area contributed by atoms with Crippen LogP contribution in [0.25, 0.3) is 0 Å². The van der Waals surface area contributed by atoms with Crippen molar-refractivity contribution in [1.82, 2.24) is 0 Å². The molecule has 19 heteroatoms. The number of aliphatic hydroxyl groups is 1. The first kappa shape index (κ1) is 96.0. The Labute approximate surface area is 607 Å². The van der Waals surface area contributed by atoms with E-state index in [1.165, 1.54) is 77.0 Å². The van der Waals surface area contributed by atoms with Gasteiger partial charge in [0.1, 0.15) is 19.3 Å². The van der Waals surface area contributed by atoms with Gasteiger partial charge in [-0.25, -0.2) is 9.13 Å². The molecule has 0 aliphatic carbocycles. The zero-order chi connectivity index (χ0) is 73.2. The van der Waals surface area contributed by atoms with Crippen LogP contribution in [-0.4, -0.2) is 96.7 Å². The van der Waals surface area contributed by atoms with E-state index in [0.717, 1.165) is 180 Å². The molecule has 0 aromatic carbocycles. The van der Waals surface area contributed by atoms with Crippen LogP contribution in [0.3, 0.4) is 0 Å². The van der Waals surface area contributed by atoms with Crippen LogP contribution in [0.15, 0.2) is 97.2 Å². The maximum atomic E-state index is 13.1. The highest BCUT2D eigenvalue weighted by atomic mass is 31.2. The molecule has 0 radical (unpaired) electrons. The maximum Gasteiger partial charge on any atom is 0.472 e. The summed E-state index contributed by atoms with van der Waals surface area (Å²) >= 11 is 0. The number of carbonyl (C=O) groups excluding carboxylic acids is 4. The molecule has 0 heterocycles. The number of phosphoric acid groups is 2. The van der Waals surface area contributed by atoms with Crippen LogP contribution in [0, 0.1) is 0 Å². The molecule has 578 valence electrons. The third-order valence-electron chi connectivity index (χ3n) is 16.5. The van der Waals surface area contributed by atoms with Gasteiger partial charge >= 0.3 is 39.5 Å². The summed E-state index contributed by atoms with van der Waals surface area (Å²) in [5, 5.41) is 10.6. The molecule has 5 unspecified atom stereocenters. The average Bonchev–Trinajstić information content (AvgIpc) is 0.953. The van der Waals surface area contributed by atoms with Gasteiger partial charge in [-0.3, -0.25) is 37.3 Å². The van der Waals surface area contributed by atoms with Gasteiger partial charge in [-0.05, 0) is 116 Å². The molecule has 0 spiro atoms. The third-order valence-corrected chi connectivity index (χ3v) is 18.4. The number of carbonyl (C=O) groups is 4. The van der Waals surface area contributed by atoms with E-state index in [4.69, 9.17) is 37.0 Å². The van der Waals surface area contributed by atoms with Crippen molar-refractivity contribution in [2.45, 2.75) is 354 Å². The highest BCUT2D eigenvalue weighted by Gasteiger charge is 2.30. The smallest absolute Gasteiger partial charge is 0.462 e. The van der Waals surface area contributed by atoms with E-state index >= 15 is 0 Å². The number of hydrogen-bond acceptors (Lipinski definition) is 15. The minimum absolute atomic E-state index is 0.0812. The Balaban J connectivity index is 5.31. The van der Waals surface area contributed by atoms with Crippen molar-refractivity contribution in [3.63, 3.8) is 0 Å². The largest absolute Gasteiger partial charge is 0.472 e. The summed E-state index contributed by atoms with van der Waals surface area (Å²) in [7, 11) is -9.95. The predicted molar refractivity (Wildman–Crippen MR) is 409 cm³/mol. The van der Waals surface area contributed by atoms with Gasteiger partial charge in [0, 0.05) is 25.7 Å². The van der Waals surface area contributed by atoms with E-state index in [1.807, 2.05) is 0 Å².